The van der Waals surface area contributed by atoms with Crippen molar-refractivity contribution in [3.05, 3.63) is 35.4 Å². The van der Waals surface area contributed by atoms with Crippen molar-refractivity contribution < 1.29 is 0 Å². The van der Waals surface area contributed by atoms with Gasteiger partial charge < -0.3 is 5.32 Å². The van der Waals surface area contributed by atoms with E-state index in [2.05, 4.69) is 29.6 Å². The summed E-state index contributed by atoms with van der Waals surface area (Å²) in [7, 11) is 0. The quantitative estimate of drug-likeness (QED) is 0.788. The molecule has 2 fully saturated rings. The first kappa shape index (κ1) is 9.41. The molecule has 0 spiro atoms. The zero-order valence-electron chi connectivity index (χ0n) is 9.21. The molecule has 1 aromatic carbocycles. The second-order valence-corrected chi connectivity index (χ2v) is 5.02. The second kappa shape index (κ2) is 3.97. The molecule has 0 radical (unpaired) electrons. The number of nitrogens with one attached hydrogen (secondary N) is 1. The molecule has 15 heavy (non-hydrogen) atoms. The van der Waals surface area contributed by atoms with E-state index in [1.807, 2.05) is 0 Å². The van der Waals surface area contributed by atoms with Gasteiger partial charge in [-0.3, -0.25) is 0 Å². The van der Waals surface area contributed by atoms with E-state index in [-0.39, 0.29) is 0 Å². The molecule has 0 aromatic heterocycles. The Kier molecular flexibility index (Phi) is 2.49. The van der Waals surface area contributed by atoms with Crippen molar-refractivity contribution in [2.24, 2.45) is 0 Å². The highest BCUT2D eigenvalue weighted by Crippen LogP contribution is 2.36. The summed E-state index contributed by atoms with van der Waals surface area (Å²) >= 11 is 0. The van der Waals surface area contributed by atoms with Crippen LogP contribution in [0.1, 0.15) is 49.1 Å². The predicted molar refractivity (Wildman–Crippen MR) is 62.9 cm³/mol. The molecule has 2 aliphatic rings. The fraction of sp³-hybridized carbons (Fsp3) is 0.571. The minimum Gasteiger partial charge on any atom is -0.310 e. The molecule has 0 aliphatic heterocycles. The summed E-state index contributed by atoms with van der Waals surface area (Å²) in [5.41, 5.74) is 2.99. The molecule has 0 heterocycles. The summed E-state index contributed by atoms with van der Waals surface area (Å²) in [6.07, 6.45) is 6.98. The number of benzene rings is 1. The Morgan fingerprint density at radius 1 is 1.00 bits per heavy atom. The first-order valence-electron chi connectivity index (χ1n) is 6.24. The number of hydrogen-bond donors (Lipinski definition) is 1. The Bertz CT molecular complexity index is 320. The smallest absolute Gasteiger partial charge is 0.0208 e. The van der Waals surface area contributed by atoms with E-state index in [0.717, 1.165) is 18.5 Å². The van der Waals surface area contributed by atoms with Crippen LogP contribution in [0.15, 0.2) is 24.3 Å². The van der Waals surface area contributed by atoms with Gasteiger partial charge in [0.1, 0.15) is 0 Å². The molecule has 0 saturated heterocycles. The number of rotatable bonds is 4. The van der Waals surface area contributed by atoms with E-state index in [1.165, 1.54) is 37.7 Å². The van der Waals surface area contributed by atoms with Crippen LogP contribution in [0, 0.1) is 0 Å². The van der Waals surface area contributed by atoms with E-state index in [0.29, 0.717) is 0 Å². The third-order valence-electron chi connectivity index (χ3n) is 3.73. The van der Waals surface area contributed by atoms with Gasteiger partial charge >= 0.3 is 0 Å². The van der Waals surface area contributed by atoms with Crippen LogP contribution in [-0.4, -0.2) is 6.04 Å². The fourth-order valence-corrected chi connectivity index (χ4v) is 2.20. The Labute approximate surface area is 91.9 Å². The van der Waals surface area contributed by atoms with Crippen LogP contribution < -0.4 is 5.32 Å². The minimum atomic E-state index is 0.816. The van der Waals surface area contributed by atoms with Gasteiger partial charge in [0, 0.05) is 12.6 Å². The molecule has 0 bridgehead atoms. The Hall–Kier alpha value is -0.820. The lowest BCUT2D eigenvalue weighted by atomic mass is 9.80. The van der Waals surface area contributed by atoms with Crippen molar-refractivity contribution in [3.8, 4) is 0 Å². The Balaban J connectivity index is 1.59. The average Bonchev–Trinajstić information content (AvgIpc) is 2.98. The van der Waals surface area contributed by atoms with E-state index in [9.17, 15) is 0 Å². The zero-order chi connectivity index (χ0) is 10.1. The highest BCUT2D eigenvalue weighted by molar-refractivity contribution is 5.26. The van der Waals surface area contributed by atoms with Crippen molar-refractivity contribution in [1.82, 2.24) is 5.32 Å². The largest absolute Gasteiger partial charge is 0.310 e. The molecule has 80 valence electrons. The molecule has 3 rings (SSSR count). The van der Waals surface area contributed by atoms with Gasteiger partial charge in [0.2, 0.25) is 0 Å². The molecule has 1 nitrogen and oxygen atoms in total. The van der Waals surface area contributed by atoms with Gasteiger partial charge in [-0.1, -0.05) is 30.7 Å². The van der Waals surface area contributed by atoms with Crippen molar-refractivity contribution in [3.63, 3.8) is 0 Å². The molecule has 1 N–H and O–H groups in total. The second-order valence-electron chi connectivity index (χ2n) is 5.02. The fourth-order valence-electron chi connectivity index (χ4n) is 2.20. The molecule has 1 heteroatoms. The van der Waals surface area contributed by atoms with Crippen LogP contribution in [0.5, 0.6) is 0 Å². The minimum absolute atomic E-state index is 0.816. The van der Waals surface area contributed by atoms with Gasteiger partial charge in [-0.2, -0.15) is 0 Å². The first-order valence-corrected chi connectivity index (χ1v) is 6.24. The van der Waals surface area contributed by atoms with Crippen molar-refractivity contribution in [2.45, 2.75) is 50.6 Å². The van der Waals surface area contributed by atoms with Crippen LogP contribution in [0.3, 0.4) is 0 Å². The molecule has 2 saturated carbocycles. The van der Waals surface area contributed by atoms with Gasteiger partial charge in [-0.05, 0) is 42.7 Å². The molecular weight excluding hydrogens is 182 g/mol. The third kappa shape index (κ3) is 2.23. The van der Waals surface area contributed by atoms with Crippen LogP contribution in [-0.2, 0) is 6.54 Å². The normalized spacial score (nSPS) is 21.3. The third-order valence-corrected chi connectivity index (χ3v) is 3.73. The summed E-state index contributed by atoms with van der Waals surface area (Å²) in [5.74, 6) is 0.871. The standard InChI is InChI=1S/C14H19N/c1-2-12(3-1)13-6-4-11(5-7-13)10-15-14-8-9-14/h4-7,12,14-15H,1-3,8-10H2. The topological polar surface area (TPSA) is 12.0 Å². The molecule has 0 unspecified atom stereocenters. The molecule has 0 atom stereocenters. The highest BCUT2D eigenvalue weighted by Gasteiger charge is 2.20. The van der Waals surface area contributed by atoms with Crippen LogP contribution in [0.25, 0.3) is 0 Å². The summed E-state index contributed by atoms with van der Waals surface area (Å²) < 4.78 is 0. The lowest BCUT2D eigenvalue weighted by Crippen LogP contribution is -2.15. The predicted octanol–water partition coefficient (Wildman–Crippen LogP) is 3.21. The molecule has 1 aromatic rings. The maximum absolute atomic E-state index is 3.55. The summed E-state index contributed by atoms with van der Waals surface area (Å²) in [6, 6.07) is 10.1. The van der Waals surface area contributed by atoms with Gasteiger partial charge in [0.15, 0.2) is 0 Å². The van der Waals surface area contributed by atoms with Gasteiger partial charge in [-0.15, -0.1) is 0 Å². The Morgan fingerprint density at radius 3 is 2.27 bits per heavy atom. The van der Waals surface area contributed by atoms with Gasteiger partial charge in [0.05, 0.1) is 0 Å². The van der Waals surface area contributed by atoms with Crippen molar-refractivity contribution in [1.29, 1.82) is 0 Å². The van der Waals surface area contributed by atoms with Crippen LogP contribution >= 0.6 is 0 Å². The molecule has 0 amide bonds. The van der Waals surface area contributed by atoms with Crippen LogP contribution in [0.4, 0.5) is 0 Å². The van der Waals surface area contributed by atoms with Gasteiger partial charge in [0.25, 0.3) is 0 Å². The maximum atomic E-state index is 3.55. The first-order chi connectivity index (χ1) is 7.42. The van der Waals surface area contributed by atoms with E-state index in [1.54, 1.807) is 5.56 Å². The lowest BCUT2D eigenvalue weighted by molar-refractivity contribution is 0.419. The van der Waals surface area contributed by atoms with E-state index >= 15 is 0 Å². The van der Waals surface area contributed by atoms with Gasteiger partial charge in [-0.25, -0.2) is 0 Å². The van der Waals surface area contributed by atoms with Crippen molar-refractivity contribution >= 4 is 0 Å². The SMILES string of the molecule is c1cc(C2CCC2)ccc1CNC1CC1. The maximum Gasteiger partial charge on any atom is 0.0208 e. The van der Waals surface area contributed by atoms with Crippen LogP contribution in [0.2, 0.25) is 0 Å². The van der Waals surface area contributed by atoms with E-state index in [4.69, 9.17) is 0 Å². The Morgan fingerprint density at radius 2 is 1.73 bits per heavy atom. The average molecular weight is 201 g/mol. The zero-order valence-corrected chi connectivity index (χ0v) is 9.21. The number of hydrogen-bond acceptors (Lipinski definition) is 1. The van der Waals surface area contributed by atoms with E-state index < -0.39 is 0 Å². The lowest BCUT2D eigenvalue weighted by Gasteiger charge is -2.25. The summed E-state index contributed by atoms with van der Waals surface area (Å²) in [6.45, 7) is 1.05. The monoisotopic (exact) mass is 201 g/mol. The molecule has 2 aliphatic carbocycles. The van der Waals surface area contributed by atoms with Crippen molar-refractivity contribution in [2.75, 3.05) is 0 Å². The highest BCUT2D eigenvalue weighted by atomic mass is 14.9. The molecular formula is C14H19N. The summed E-state index contributed by atoms with van der Waals surface area (Å²) in [5, 5.41) is 3.55. The summed E-state index contributed by atoms with van der Waals surface area (Å²) in [4.78, 5) is 0.